The molecule has 0 aromatic heterocycles. The number of halogens is 1. The molecule has 1 amide bonds. The molecule has 1 saturated heterocycles. The zero-order chi connectivity index (χ0) is 19.2. The minimum absolute atomic E-state index is 0.0600. The third-order valence-electron chi connectivity index (χ3n) is 4.91. The van der Waals surface area contributed by atoms with Gasteiger partial charge in [-0.15, -0.1) is 0 Å². The summed E-state index contributed by atoms with van der Waals surface area (Å²) < 4.78 is 18.8. The summed E-state index contributed by atoms with van der Waals surface area (Å²) in [6.45, 7) is 5.44. The number of ether oxygens (including phenoxy) is 1. The van der Waals surface area contributed by atoms with Crippen LogP contribution in [0.1, 0.15) is 18.5 Å². The number of carbonyl (C=O) groups excluding carboxylic acids is 1. The van der Waals surface area contributed by atoms with E-state index in [-0.39, 0.29) is 24.3 Å². The molecular weight excluding hydrogens is 345 g/mol. The van der Waals surface area contributed by atoms with Crippen molar-refractivity contribution in [1.82, 2.24) is 4.90 Å². The number of nitrogens with zero attached hydrogens (tertiary/aromatic N) is 2. The maximum Gasteiger partial charge on any atom is 0.238 e. The summed E-state index contributed by atoms with van der Waals surface area (Å²) in [5, 5.41) is 2.92. The van der Waals surface area contributed by atoms with Crippen LogP contribution in [0.5, 0.6) is 0 Å². The van der Waals surface area contributed by atoms with Gasteiger partial charge in [0.25, 0.3) is 0 Å². The maximum absolute atomic E-state index is 13.4. The summed E-state index contributed by atoms with van der Waals surface area (Å²) in [5.74, 6) is -0.363. The fourth-order valence-corrected chi connectivity index (χ4v) is 3.16. The van der Waals surface area contributed by atoms with E-state index in [4.69, 9.17) is 4.74 Å². The van der Waals surface area contributed by atoms with Gasteiger partial charge in [-0.25, -0.2) is 4.39 Å². The molecule has 0 radical (unpaired) electrons. The lowest BCUT2D eigenvalue weighted by atomic mass is 10.1. The highest BCUT2D eigenvalue weighted by Gasteiger charge is 2.16. The van der Waals surface area contributed by atoms with Crippen LogP contribution in [0, 0.1) is 5.82 Å². The Morgan fingerprint density at radius 1 is 1.22 bits per heavy atom. The summed E-state index contributed by atoms with van der Waals surface area (Å²) in [4.78, 5) is 16.5. The number of nitrogens with one attached hydrogen (secondary N) is 1. The summed E-state index contributed by atoms with van der Waals surface area (Å²) in [5.41, 5.74) is 2.75. The van der Waals surface area contributed by atoms with E-state index < -0.39 is 0 Å². The number of anilines is 2. The van der Waals surface area contributed by atoms with Crippen LogP contribution in [0.15, 0.2) is 48.5 Å². The van der Waals surface area contributed by atoms with E-state index in [1.54, 1.807) is 6.07 Å². The van der Waals surface area contributed by atoms with Gasteiger partial charge >= 0.3 is 0 Å². The minimum Gasteiger partial charge on any atom is -0.378 e. The van der Waals surface area contributed by atoms with Crippen molar-refractivity contribution in [1.29, 1.82) is 0 Å². The topological polar surface area (TPSA) is 44.8 Å². The number of amides is 1. The third kappa shape index (κ3) is 5.28. The van der Waals surface area contributed by atoms with Gasteiger partial charge in [-0.2, -0.15) is 0 Å². The Morgan fingerprint density at radius 3 is 2.59 bits per heavy atom. The van der Waals surface area contributed by atoms with Crippen molar-refractivity contribution in [3.63, 3.8) is 0 Å². The third-order valence-corrected chi connectivity index (χ3v) is 4.91. The first-order valence-corrected chi connectivity index (χ1v) is 9.21. The second kappa shape index (κ2) is 8.97. The Labute approximate surface area is 159 Å². The predicted molar refractivity (Wildman–Crippen MR) is 106 cm³/mol. The molecule has 1 unspecified atom stereocenters. The number of benzene rings is 2. The van der Waals surface area contributed by atoms with Crippen LogP contribution in [0.3, 0.4) is 0 Å². The van der Waals surface area contributed by atoms with Gasteiger partial charge in [0.15, 0.2) is 0 Å². The summed E-state index contributed by atoms with van der Waals surface area (Å²) >= 11 is 0. The fraction of sp³-hybridized carbons (Fsp3) is 0.381. The first-order valence-electron chi connectivity index (χ1n) is 9.21. The van der Waals surface area contributed by atoms with Crippen molar-refractivity contribution in [2.45, 2.75) is 13.0 Å². The number of rotatable bonds is 6. The van der Waals surface area contributed by atoms with Gasteiger partial charge < -0.3 is 15.0 Å². The average Bonchev–Trinajstić information content (AvgIpc) is 2.68. The molecule has 1 aliphatic rings. The molecular formula is C21H26FN3O2. The van der Waals surface area contributed by atoms with Gasteiger partial charge in [0.05, 0.1) is 19.8 Å². The van der Waals surface area contributed by atoms with Gasteiger partial charge in [-0.05, 0) is 55.9 Å². The first-order chi connectivity index (χ1) is 13.0. The molecule has 1 heterocycles. The highest BCUT2D eigenvalue weighted by molar-refractivity contribution is 5.92. The molecule has 1 N–H and O–H groups in total. The van der Waals surface area contributed by atoms with E-state index in [1.807, 2.05) is 49.2 Å². The lowest BCUT2D eigenvalue weighted by molar-refractivity contribution is -0.117. The van der Waals surface area contributed by atoms with Crippen LogP contribution in [0.2, 0.25) is 0 Å². The molecule has 1 fully saturated rings. The van der Waals surface area contributed by atoms with Gasteiger partial charge in [0.2, 0.25) is 5.91 Å². The van der Waals surface area contributed by atoms with Crippen molar-refractivity contribution in [2.75, 3.05) is 50.1 Å². The van der Waals surface area contributed by atoms with Crippen LogP contribution in [0.25, 0.3) is 0 Å². The van der Waals surface area contributed by atoms with Gasteiger partial charge in [-0.3, -0.25) is 9.69 Å². The van der Waals surface area contributed by atoms with E-state index in [0.29, 0.717) is 0 Å². The minimum atomic E-state index is -0.266. The van der Waals surface area contributed by atoms with Crippen molar-refractivity contribution in [3.05, 3.63) is 59.9 Å². The molecule has 0 saturated carbocycles. The van der Waals surface area contributed by atoms with Crippen molar-refractivity contribution in [2.24, 2.45) is 0 Å². The Bertz CT molecular complexity index is 760. The molecule has 0 aliphatic carbocycles. The van der Waals surface area contributed by atoms with Crippen molar-refractivity contribution < 1.29 is 13.9 Å². The average molecular weight is 371 g/mol. The molecule has 27 heavy (non-hydrogen) atoms. The molecule has 5 nitrogen and oxygen atoms in total. The van der Waals surface area contributed by atoms with Crippen molar-refractivity contribution >= 4 is 17.3 Å². The van der Waals surface area contributed by atoms with Crippen LogP contribution >= 0.6 is 0 Å². The van der Waals surface area contributed by atoms with Crippen LogP contribution in [-0.2, 0) is 9.53 Å². The van der Waals surface area contributed by atoms with Gasteiger partial charge in [-0.1, -0.05) is 12.1 Å². The summed E-state index contributed by atoms with van der Waals surface area (Å²) in [6, 6.07) is 14.3. The van der Waals surface area contributed by atoms with E-state index in [0.717, 1.165) is 43.2 Å². The molecule has 144 valence electrons. The smallest absolute Gasteiger partial charge is 0.238 e. The molecule has 1 atom stereocenters. The second-order valence-corrected chi connectivity index (χ2v) is 6.84. The SMILES string of the molecule is CC(c1cccc(F)c1)N(C)CC(=O)Nc1ccc(N2CCOCC2)cc1. The zero-order valence-electron chi connectivity index (χ0n) is 15.8. The van der Waals surface area contributed by atoms with Crippen molar-refractivity contribution in [3.8, 4) is 0 Å². The Hall–Kier alpha value is -2.44. The number of morpholine rings is 1. The quantitative estimate of drug-likeness (QED) is 0.846. The molecule has 6 heteroatoms. The molecule has 2 aromatic rings. The lowest BCUT2D eigenvalue weighted by Crippen LogP contribution is -2.36. The van der Waals surface area contributed by atoms with E-state index >= 15 is 0 Å². The molecule has 1 aliphatic heterocycles. The van der Waals surface area contributed by atoms with E-state index in [9.17, 15) is 9.18 Å². The summed E-state index contributed by atoms with van der Waals surface area (Å²) in [6.07, 6.45) is 0. The fourth-order valence-electron chi connectivity index (χ4n) is 3.16. The van der Waals surface area contributed by atoms with E-state index in [2.05, 4.69) is 10.2 Å². The second-order valence-electron chi connectivity index (χ2n) is 6.84. The highest BCUT2D eigenvalue weighted by atomic mass is 19.1. The van der Waals surface area contributed by atoms with Crippen LogP contribution < -0.4 is 10.2 Å². The summed E-state index contributed by atoms with van der Waals surface area (Å²) in [7, 11) is 1.86. The van der Waals surface area contributed by atoms with Gasteiger partial charge in [0, 0.05) is 30.5 Å². The monoisotopic (exact) mass is 371 g/mol. The molecule has 0 spiro atoms. The van der Waals surface area contributed by atoms with Crippen LogP contribution in [-0.4, -0.2) is 50.7 Å². The largest absolute Gasteiger partial charge is 0.378 e. The van der Waals surface area contributed by atoms with Crippen LogP contribution in [0.4, 0.5) is 15.8 Å². The Morgan fingerprint density at radius 2 is 1.93 bits per heavy atom. The molecule has 3 rings (SSSR count). The van der Waals surface area contributed by atoms with Gasteiger partial charge in [0.1, 0.15) is 5.82 Å². The Kier molecular flexibility index (Phi) is 6.42. The predicted octanol–water partition coefficient (Wildman–Crippen LogP) is 3.29. The number of hydrogen-bond acceptors (Lipinski definition) is 4. The lowest BCUT2D eigenvalue weighted by Gasteiger charge is -2.29. The first kappa shape index (κ1) is 19.3. The highest BCUT2D eigenvalue weighted by Crippen LogP contribution is 2.21. The normalized spacial score (nSPS) is 15.6. The zero-order valence-corrected chi connectivity index (χ0v) is 15.8. The number of likely N-dealkylation sites (N-methyl/N-ethyl adjacent to an activating group) is 1. The molecule has 0 bridgehead atoms. The Balaban J connectivity index is 1.53. The van der Waals surface area contributed by atoms with E-state index in [1.165, 1.54) is 12.1 Å². The molecule has 2 aromatic carbocycles. The standard InChI is InChI=1S/C21H26FN3O2/c1-16(17-4-3-5-18(22)14-17)24(2)15-21(26)23-19-6-8-20(9-7-19)25-10-12-27-13-11-25/h3-9,14,16H,10-13,15H2,1-2H3,(H,23,26). The number of hydrogen-bond donors (Lipinski definition) is 1. The maximum atomic E-state index is 13.4. The number of carbonyl (C=O) groups is 1.